The number of anilines is 1. The van der Waals surface area contributed by atoms with E-state index in [-0.39, 0.29) is 0 Å². The number of fused-ring (bicyclic) bond motifs is 5. The lowest BCUT2D eigenvalue weighted by Gasteiger charge is -2.29. The van der Waals surface area contributed by atoms with Gasteiger partial charge in [-0.05, 0) is 29.8 Å². The summed E-state index contributed by atoms with van der Waals surface area (Å²) in [6, 6.07) is 18.6. The molecule has 4 heteroatoms. The van der Waals surface area contributed by atoms with Gasteiger partial charge in [-0.2, -0.15) is 0 Å². The van der Waals surface area contributed by atoms with Crippen LogP contribution >= 0.6 is 0 Å². The summed E-state index contributed by atoms with van der Waals surface area (Å²) in [5.74, 6) is 2.09. The maximum Gasteiger partial charge on any atom is 0.142 e. The van der Waals surface area contributed by atoms with Gasteiger partial charge in [-0.3, -0.25) is 4.40 Å². The van der Waals surface area contributed by atoms with Gasteiger partial charge in [0.1, 0.15) is 22.9 Å². The number of hydrogen-bond acceptors (Lipinski definition) is 3. The molecule has 0 aliphatic carbocycles. The van der Waals surface area contributed by atoms with Gasteiger partial charge in [-0.1, -0.05) is 30.3 Å². The summed E-state index contributed by atoms with van der Waals surface area (Å²) in [7, 11) is 0. The van der Waals surface area contributed by atoms with Crippen molar-refractivity contribution in [3.05, 3.63) is 78.4 Å². The molecule has 1 aliphatic rings. The zero-order chi connectivity index (χ0) is 15.2. The first-order valence-electron chi connectivity index (χ1n) is 7.73. The Balaban J connectivity index is 1.74. The van der Waals surface area contributed by atoms with Gasteiger partial charge in [0.2, 0.25) is 0 Å². The van der Waals surface area contributed by atoms with E-state index in [0.29, 0.717) is 0 Å². The molecule has 112 valence electrons. The van der Waals surface area contributed by atoms with Crippen LogP contribution in [0, 0.1) is 0 Å². The standard InChI is InChI=1S/C19H15N3O/c1-2-8-16-14(6-1)12-21(13-15-7-5-11-23-15)19-18(16)20-17-9-3-4-10-22(17)19/h1-11H,12-13H2. The third-order valence-corrected chi connectivity index (χ3v) is 4.36. The molecular weight excluding hydrogens is 286 g/mol. The van der Waals surface area contributed by atoms with Crippen LogP contribution in [-0.4, -0.2) is 9.38 Å². The van der Waals surface area contributed by atoms with Gasteiger partial charge in [0, 0.05) is 18.3 Å². The van der Waals surface area contributed by atoms with Crippen molar-refractivity contribution < 1.29 is 4.42 Å². The first kappa shape index (κ1) is 12.5. The fourth-order valence-corrected chi connectivity index (χ4v) is 3.36. The van der Waals surface area contributed by atoms with E-state index in [1.165, 1.54) is 11.1 Å². The van der Waals surface area contributed by atoms with Crippen LogP contribution in [-0.2, 0) is 13.1 Å². The van der Waals surface area contributed by atoms with Crippen LogP contribution < -0.4 is 4.90 Å². The summed E-state index contributed by atoms with van der Waals surface area (Å²) in [5.41, 5.74) is 4.54. The van der Waals surface area contributed by atoms with E-state index in [2.05, 4.69) is 39.8 Å². The Hall–Kier alpha value is -3.01. The first-order valence-corrected chi connectivity index (χ1v) is 7.73. The molecule has 0 radical (unpaired) electrons. The second-order valence-electron chi connectivity index (χ2n) is 5.81. The monoisotopic (exact) mass is 301 g/mol. The zero-order valence-electron chi connectivity index (χ0n) is 12.5. The van der Waals surface area contributed by atoms with E-state index in [0.717, 1.165) is 36.0 Å². The summed E-state index contributed by atoms with van der Waals surface area (Å²) in [6.07, 6.45) is 3.80. The molecule has 0 unspecified atom stereocenters. The van der Waals surface area contributed by atoms with Crippen LogP contribution in [0.1, 0.15) is 11.3 Å². The van der Waals surface area contributed by atoms with Crippen molar-refractivity contribution in [1.82, 2.24) is 9.38 Å². The molecular formula is C19H15N3O. The number of furan rings is 1. The lowest BCUT2D eigenvalue weighted by molar-refractivity contribution is 0.500. The maximum absolute atomic E-state index is 5.56. The molecule has 0 amide bonds. The molecule has 0 fully saturated rings. The molecule has 23 heavy (non-hydrogen) atoms. The Bertz CT molecular complexity index is 985. The number of nitrogens with zero attached hydrogens (tertiary/aromatic N) is 3. The van der Waals surface area contributed by atoms with Gasteiger partial charge in [-0.15, -0.1) is 0 Å². The van der Waals surface area contributed by atoms with Gasteiger partial charge in [0.15, 0.2) is 0 Å². The summed E-state index contributed by atoms with van der Waals surface area (Å²) in [5, 5.41) is 0. The van der Waals surface area contributed by atoms with Crippen molar-refractivity contribution in [3.8, 4) is 11.3 Å². The summed E-state index contributed by atoms with van der Waals surface area (Å²) in [6.45, 7) is 1.59. The number of imidazole rings is 1. The minimum Gasteiger partial charge on any atom is -0.467 e. The Morgan fingerprint density at radius 1 is 1.00 bits per heavy atom. The van der Waals surface area contributed by atoms with Crippen molar-refractivity contribution in [1.29, 1.82) is 0 Å². The zero-order valence-corrected chi connectivity index (χ0v) is 12.5. The average Bonchev–Trinajstić information content (AvgIpc) is 3.22. The summed E-state index contributed by atoms with van der Waals surface area (Å²) < 4.78 is 7.72. The Morgan fingerprint density at radius 2 is 1.91 bits per heavy atom. The van der Waals surface area contributed by atoms with E-state index in [9.17, 15) is 0 Å². The normalized spacial score (nSPS) is 13.1. The molecule has 0 spiro atoms. The number of hydrogen-bond donors (Lipinski definition) is 0. The van der Waals surface area contributed by atoms with Crippen LogP contribution in [0.4, 0.5) is 5.82 Å². The third-order valence-electron chi connectivity index (χ3n) is 4.36. The molecule has 4 nitrogen and oxygen atoms in total. The molecule has 0 atom stereocenters. The molecule has 5 rings (SSSR count). The molecule has 0 bridgehead atoms. The number of rotatable bonds is 2. The van der Waals surface area contributed by atoms with E-state index < -0.39 is 0 Å². The molecule has 1 aliphatic heterocycles. The molecule has 1 aromatic carbocycles. The number of pyridine rings is 1. The minimum absolute atomic E-state index is 0.733. The number of aromatic nitrogens is 2. The number of benzene rings is 1. The average molecular weight is 301 g/mol. The highest BCUT2D eigenvalue weighted by atomic mass is 16.3. The Labute approximate surface area is 133 Å². The second-order valence-corrected chi connectivity index (χ2v) is 5.81. The molecule has 0 saturated carbocycles. The van der Waals surface area contributed by atoms with Crippen molar-refractivity contribution in [3.63, 3.8) is 0 Å². The Morgan fingerprint density at radius 3 is 2.83 bits per heavy atom. The Kier molecular flexibility index (Phi) is 2.58. The van der Waals surface area contributed by atoms with Gasteiger partial charge in [-0.25, -0.2) is 4.98 Å². The predicted octanol–water partition coefficient (Wildman–Crippen LogP) is 4.11. The smallest absolute Gasteiger partial charge is 0.142 e. The van der Waals surface area contributed by atoms with Gasteiger partial charge < -0.3 is 9.32 Å². The summed E-state index contributed by atoms with van der Waals surface area (Å²) >= 11 is 0. The van der Waals surface area contributed by atoms with Gasteiger partial charge >= 0.3 is 0 Å². The molecule has 0 N–H and O–H groups in total. The molecule has 4 aromatic rings. The molecule has 0 saturated heterocycles. The van der Waals surface area contributed by atoms with Gasteiger partial charge in [0.25, 0.3) is 0 Å². The highest BCUT2D eigenvalue weighted by molar-refractivity contribution is 5.82. The third kappa shape index (κ3) is 1.88. The minimum atomic E-state index is 0.733. The maximum atomic E-state index is 5.56. The van der Waals surface area contributed by atoms with E-state index in [1.807, 2.05) is 30.3 Å². The second kappa shape index (κ2) is 4.74. The fraction of sp³-hybridized carbons (Fsp3) is 0.105. The van der Waals surface area contributed by atoms with Crippen molar-refractivity contribution >= 4 is 11.5 Å². The lowest BCUT2D eigenvalue weighted by Crippen LogP contribution is -2.26. The molecule has 4 heterocycles. The van der Waals surface area contributed by atoms with E-state index >= 15 is 0 Å². The lowest BCUT2D eigenvalue weighted by atomic mass is 10.00. The van der Waals surface area contributed by atoms with Crippen molar-refractivity contribution in [2.75, 3.05) is 4.90 Å². The van der Waals surface area contributed by atoms with Crippen LogP contribution in [0.5, 0.6) is 0 Å². The van der Waals surface area contributed by atoms with Crippen molar-refractivity contribution in [2.24, 2.45) is 0 Å². The molecule has 3 aromatic heterocycles. The largest absolute Gasteiger partial charge is 0.467 e. The van der Waals surface area contributed by atoms with Gasteiger partial charge in [0.05, 0.1) is 12.8 Å². The predicted molar refractivity (Wildman–Crippen MR) is 89.2 cm³/mol. The highest BCUT2D eigenvalue weighted by Gasteiger charge is 2.27. The van der Waals surface area contributed by atoms with Crippen LogP contribution in [0.15, 0.2) is 71.5 Å². The van der Waals surface area contributed by atoms with E-state index in [4.69, 9.17) is 9.40 Å². The highest BCUT2D eigenvalue weighted by Crippen LogP contribution is 2.39. The van der Waals surface area contributed by atoms with Crippen LogP contribution in [0.25, 0.3) is 16.9 Å². The fourth-order valence-electron chi connectivity index (χ4n) is 3.36. The topological polar surface area (TPSA) is 33.7 Å². The van der Waals surface area contributed by atoms with E-state index in [1.54, 1.807) is 6.26 Å². The first-order chi connectivity index (χ1) is 11.4. The quantitative estimate of drug-likeness (QED) is 0.558. The van der Waals surface area contributed by atoms with Crippen molar-refractivity contribution in [2.45, 2.75) is 13.1 Å². The SMILES string of the molecule is c1coc(CN2Cc3ccccc3-c3nc4ccccn4c32)c1. The van der Waals surface area contributed by atoms with Crippen LogP contribution in [0.3, 0.4) is 0 Å². The van der Waals surface area contributed by atoms with Crippen LogP contribution in [0.2, 0.25) is 0 Å². The summed E-state index contributed by atoms with van der Waals surface area (Å²) in [4.78, 5) is 7.19.